The summed E-state index contributed by atoms with van der Waals surface area (Å²) in [4.78, 5) is 27.9. The van der Waals surface area contributed by atoms with Gasteiger partial charge in [0.25, 0.3) is 5.69 Å². The molecule has 1 aliphatic carbocycles. The quantitative estimate of drug-likeness (QED) is 0.154. The van der Waals surface area contributed by atoms with Crippen LogP contribution in [0.2, 0.25) is 0 Å². The summed E-state index contributed by atoms with van der Waals surface area (Å²) < 4.78 is 34.8. The standard InChI is InChI=1S/C34H40N4O6S/c1-2-19-37(34(39)44-25-26-13-15-31(16-14-26)38(40)41)30-17-20-36(21-18-30)24-28-22-29(23-33(28)27-9-5-3-6-10-27)35-45(42,43)32-11-7-4-8-12-32/h2-16,28-30,33,35H,1,17-25H2. The van der Waals surface area contributed by atoms with E-state index in [1.165, 1.54) is 17.7 Å². The number of nitrogens with one attached hydrogen (secondary N) is 1. The second-order valence-electron chi connectivity index (χ2n) is 11.8. The molecule has 0 aromatic heterocycles. The van der Waals surface area contributed by atoms with Gasteiger partial charge in [0.1, 0.15) is 6.61 Å². The van der Waals surface area contributed by atoms with Gasteiger partial charge in [0, 0.05) is 50.4 Å². The Bertz CT molecular complexity index is 1540. The van der Waals surface area contributed by atoms with E-state index in [9.17, 15) is 23.3 Å². The second kappa shape index (κ2) is 14.8. The molecule has 0 bridgehead atoms. The number of piperidine rings is 1. The van der Waals surface area contributed by atoms with Crippen LogP contribution in [0, 0.1) is 16.0 Å². The zero-order chi connectivity index (χ0) is 31.8. The third-order valence-corrected chi connectivity index (χ3v) is 10.4. The largest absolute Gasteiger partial charge is 0.445 e. The van der Waals surface area contributed by atoms with Crippen molar-refractivity contribution >= 4 is 21.8 Å². The summed E-state index contributed by atoms with van der Waals surface area (Å²) in [5.74, 6) is 0.516. The first-order chi connectivity index (χ1) is 21.7. The van der Waals surface area contributed by atoms with Gasteiger partial charge in [0.15, 0.2) is 0 Å². The molecule has 2 fully saturated rings. The topological polar surface area (TPSA) is 122 Å². The molecule has 3 aromatic rings. The molecule has 0 spiro atoms. The Kier molecular flexibility index (Phi) is 10.6. The van der Waals surface area contributed by atoms with Crippen molar-refractivity contribution in [2.24, 2.45) is 5.92 Å². The Balaban J connectivity index is 1.18. The monoisotopic (exact) mass is 632 g/mol. The summed E-state index contributed by atoms with van der Waals surface area (Å²) in [6.45, 7) is 6.69. The van der Waals surface area contributed by atoms with Crippen molar-refractivity contribution in [1.29, 1.82) is 0 Å². The van der Waals surface area contributed by atoms with Crippen LogP contribution >= 0.6 is 0 Å². The Hall–Kier alpha value is -4.06. The maximum atomic E-state index is 13.1. The van der Waals surface area contributed by atoms with Crippen molar-refractivity contribution in [1.82, 2.24) is 14.5 Å². The fourth-order valence-corrected chi connectivity index (χ4v) is 7.90. The number of nitro groups is 1. The van der Waals surface area contributed by atoms with Crippen molar-refractivity contribution in [2.45, 2.75) is 55.2 Å². The lowest BCUT2D eigenvalue weighted by Crippen LogP contribution is -2.48. The number of benzene rings is 3. The lowest BCUT2D eigenvalue weighted by molar-refractivity contribution is -0.384. The fraction of sp³-hybridized carbons (Fsp3) is 0.382. The molecule has 1 N–H and O–H groups in total. The van der Waals surface area contributed by atoms with Gasteiger partial charge >= 0.3 is 6.09 Å². The van der Waals surface area contributed by atoms with Gasteiger partial charge < -0.3 is 14.5 Å². The number of nitrogens with zero attached hydrogens (tertiary/aromatic N) is 3. The molecule has 1 saturated carbocycles. The minimum Gasteiger partial charge on any atom is -0.445 e. The molecule has 45 heavy (non-hydrogen) atoms. The number of nitro benzene ring substituents is 1. The lowest BCUT2D eigenvalue weighted by atomic mass is 9.88. The van der Waals surface area contributed by atoms with Crippen LogP contribution in [0.3, 0.4) is 0 Å². The van der Waals surface area contributed by atoms with Gasteiger partial charge in [-0.1, -0.05) is 54.6 Å². The summed E-state index contributed by atoms with van der Waals surface area (Å²) >= 11 is 0. The van der Waals surface area contributed by atoms with Crippen LogP contribution in [-0.2, 0) is 21.4 Å². The highest BCUT2D eigenvalue weighted by molar-refractivity contribution is 7.89. The molecule has 11 heteroatoms. The van der Waals surface area contributed by atoms with E-state index in [4.69, 9.17) is 4.74 Å². The average Bonchev–Trinajstić information content (AvgIpc) is 3.45. The van der Waals surface area contributed by atoms with Crippen molar-refractivity contribution in [2.75, 3.05) is 26.2 Å². The first-order valence-electron chi connectivity index (χ1n) is 15.4. The minimum atomic E-state index is -3.61. The highest BCUT2D eigenvalue weighted by Crippen LogP contribution is 2.41. The van der Waals surface area contributed by atoms with Gasteiger partial charge in [0.2, 0.25) is 10.0 Å². The second-order valence-corrected chi connectivity index (χ2v) is 13.5. The summed E-state index contributed by atoms with van der Waals surface area (Å²) in [6.07, 6.45) is 4.33. The Morgan fingerprint density at radius 2 is 1.64 bits per heavy atom. The number of likely N-dealkylation sites (tertiary alicyclic amines) is 1. The number of amides is 1. The predicted molar refractivity (Wildman–Crippen MR) is 172 cm³/mol. The van der Waals surface area contributed by atoms with E-state index >= 15 is 0 Å². The molecule has 1 aliphatic heterocycles. The smallest absolute Gasteiger partial charge is 0.410 e. The van der Waals surface area contributed by atoms with Crippen molar-refractivity contribution in [3.63, 3.8) is 0 Å². The molecule has 2 aliphatic rings. The molecule has 3 unspecified atom stereocenters. The lowest BCUT2D eigenvalue weighted by Gasteiger charge is -2.39. The minimum absolute atomic E-state index is 0.00235. The van der Waals surface area contributed by atoms with Crippen LogP contribution in [0.15, 0.2) is 102 Å². The van der Waals surface area contributed by atoms with Gasteiger partial charge in [-0.3, -0.25) is 10.1 Å². The van der Waals surface area contributed by atoms with E-state index in [-0.39, 0.29) is 41.1 Å². The first kappa shape index (κ1) is 32.3. The van der Waals surface area contributed by atoms with Crippen LogP contribution in [0.5, 0.6) is 0 Å². The van der Waals surface area contributed by atoms with Crippen LogP contribution in [0.4, 0.5) is 10.5 Å². The van der Waals surface area contributed by atoms with Crippen molar-refractivity contribution < 1.29 is 22.9 Å². The van der Waals surface area contributed by atoms with E-state index in [1.54, 1.807) is 53.4 Å². The maximum Gasteiger partial charge on any atom is 0.410 e. The zero-order valence-electron chi connectivity index (χ0n) is 25.2. The number of non-ortho nitro benzene ring substituents is 1. The average molecular weight is 633 g/mol. The highest BCUT2D eigenvalue weighted by atomic mass is 32.2. The molecule has 1 amide bonds. The Morgan fingerprint density at radius 3 is 2.27 bits per heavy atom. The number of hydrogen-bond donors (Lipinski definition) is 1. The predicted octanol–water partition coefficient (Wildman–Crippen LogP) is 5.72. The number of carbonyl (C=O) groups excluding carboxylic acids is 1. The zero-order valence-corrected chi connectivity index (χ0v) is 26.1. The van der Waals surface area contributed by atoms with Gasteiger partial charge in [-0.05, 0) is 72.9 Å². The molecule has 1 heterocycles. The van der Waals surface area contributed by atoms with E-state index in [0.29, 0.717) is 12.1 Å². The summed E-state index contributed by atoms with van der Waals surface area (Å²) in [6, 6.07) is 24.7. The van der Waals surface area contributed by atoms with Gasteiger partial charge in [-0.15, -0.1) is 6.58 Å². The van der Waals surface area contributed by atoms with Crippen LogP contribution < -0.4 is 4.72 Å². The molecule has 3 aromatic carbocycles. The number of ether oxygens (including phenoxy) is 1. The Labute approximate surface area is 264 Å². The van der Waals surface area contributed by atoms with E-state index < -0.39 is 21.0 Å². The van der Waals surface area contributed by atoms with Gasteiger partial charge in [0.05, 0.1) is 9.82 Å². The number of hydrogen-bond acceptors (Lipinski definition) is 7. The molecule has 238 valence electrons. The van der Waals surface area contributed by atoms with Crippen molar-refractivity contribution in [3.05, 3.63) is 119 Å². The maximum absolute atomic E-state index is 13.1. The summed E-state index contributed by atoms with van der Waals surface area (Å²) in [5, 5.41) is 10.9. The SMILES string of the molecule is C=CCN(C(=O)OCc1ccc([N+](=O)[O-])cc1)C1CCN(CC2CC(NS(=O)(=O)c3ccccc3)CC2c2ccccc2)CC1. The fourth-order valence-electron chi connectivity index (χ4n) is 6.62. The van der Waals surface area contributed by atoms with Gasteiger partial charge in [-0.25, -0.2) is 17.9 Å². The third-order valence-electron chi connectivity index (χ3n) is 8.86. The molecule has 1 saturated heterocycles. The number of carbonyl (C=O) groups is 1. The van der Waals surface area contributed by atoms with Crippen LogP contribution in [-0.4, -0.2) is 67.5 Å². The first-order valence-corrected chi connectivity index (χ1v) is 16.8. The van der Waals surface area contributed by atoms with Crippen LogP contribution in [0.25, 0.3) is 0 Å². The van der Waals surface area contributed by atoms with E-state index in [2.05, 4.69) is 28.3 Å². The molecule has 10 nitrogen and oxygen atoms in total. The molecule has 3 atom stereocenters. The molecule has 0 radical (unpaired) electrons. The molecular formula is C34H40N4O6S. The van der Waals surface area contributed by atoms with Crippen LogP contribution in [0.1, 0.15) is 42.7 Å². The summed E-state index contributed by atoms with van der Waals surface area (Å²) in [7, 11) is -3.61. The summed E-state index contributed by atoms with van der Waals surface area (Å²) in [5.41, 5.74) is 1.89. The number of rotatable bonds is 12. The Morgan fingerprint density at radius 1 is 1.00 bits per heavy atom. The van der Waals surface area contributed by atoms with Gasteiger partial charge in [-0.2, -0.15) is 0 Å². The highest BCUT2D eigenvalue weighted by Gasteiger charge is 2.39. The molecular weight excluding hydrogens is 592 g/mol. The molecule has 5 rings (SSSR count). The normalized spacial score (nSPS) is 20.8. The van der Waals surface area contributed by atoms with Crippen molar-refractivity contribution in [3.8, 4) is 0 Å². The van der Waals surface area contributed by atoms with E-state index in [0.717, 1.165) is 45.3 Å². The number of sulfonamides is 1. The third kappa shape index (κ3) is 8.36. The van der Waals surface area contributed by atoms with E-state index in [1.807, 2.05) is 18.2 Å².